The lowest BCUT2D eigenvalue weighted by Gasteiger charge is -2.26. The van der Waals surface area contributed by atoms with Crippen LogP contribution in [-0.4, -0.2) is 33.8 Å². The number of aromatic nitrogens is 1. The molecule has 2 heterocycles. The molecule has 1 saturated heterocycles. The maximum absolute atomic E-state index is 10.3. The highest BCUT2D eigenvalue weighted by Crippen LogP contribution is 2.30. The van der Waals surface area contributed by atoms with Gasteiger partial charge in [-0.2, -0.15) is 0 Å². The fourth-order valence-corrected chi connectivity index (χ4v) is 3.51. The minimum atomic E-state index is -0.575. The summed E-state index contributed by atoms with van der Waals surface area (Å²) >= 11 is 5.23. The van der Waals surface area contributed by atoms with Gasteiger partial charge in [0.15, 0.2) is 0 Å². The first-order valence-electron chi connectivity index (χ1n) is 7.76. The van der Waals surface area contributed by atoms with E-state index in [0.29, 0.717) is 4.99 Å². The maximum Gasteiger partial charge on any atom is 0.139 e. The number of fused-ring (bicyclic) bond motifs is 1. The van der Waals surface area contributed by atoms with E-state index in [0.717, 1.165) is 63.0 Å². The van der Waals surface area contributed by atoms with Crippen molar-refractivity contribution in [2.75, 3.05) is 18.0 Å². The van der Waals surface area contributed by atoms with Gasteiger partial charge in [0.25, 0.3) is 0 Å². The lowest BCUT2D eigenvalue weighted by molar-refractivity contribution is 0.0481. The zero-order chi connectivity index (χ0) is 15.0. The second kappa shape index (κ2) is 5.54. The highest BCUT2D eigenvalue weighted by Gasteiger charge is 2.28. The molecule has 114 valence electrons. The van der Waals surface area contributed by atoms with Crippen LogP contribution in [0.25, 0.3) is 0 Å². The van der Waals surface area contributed by atoms with Crippen LogP contribution in [0.2, 0.25) is 0 Å². The summed E-state index contributed by atoms with van der Waals surface area (Å²) in [6.07, 6.45) is 5.83. The molecular formula is C16H23N3OS. The molecule has 0 spiro atoms. The van der Waals surface area contributed by atoms with Gasteiger partial charge in [-0.15, -0.1) is 0 Å². The molecule has 3 N–H and O–H groups in total. The number of hydrogen-bond donors (Lipinski definition) is 2. The number of nitrogens with two attached hydrogens (primary N) is 1. The molecule has 2 aliphatic rings. The summed E-state index contributed by atoms with van der Waals surface area (Å²) in [5, 5.41) is 10.3. The van der Waals surface area contributed by atoms with Gasteiger partial charge in [0.1, 0.15) is 10.8 Å². The van der Waals surface area contributed by atoms with Crippen molar-refractivity contribution in [3.63, 3.8) is 0 Å². The summed E-state index contributed by atoms with van der Waals surface area (Å²) in [5.41, 5.74) is 8.73. The molecule has 1 aliphatic carbocycles. The van der Waals surface area contributed by atoms with Gasteiger partial charge in [-0.1, -0.05) is 12.2 Å². The van der Waals surface area contributed by atoms with Crippen molar-refractivity contribution in [2.24, 2.45) is 5.73 Å². The van der Waals surface area contributed by atoms with Crippen LogP contribution in [-0.2, 0) is 12.8 Å². The van der Waals surface area contributed by atoms with E-state index in [-0.39, 0.29) is 0 Å². The third-order valence-corrected chi connectivity index (χ3v) is 4.88. The Morgan fingerprint density at radius 1 is 1.33 bits per heavy atom. The number of aryl methyl sites for hydroxylation is 2. The zero-order valence-electron chi connectivity index (χ0n) is 12.6. The molecule has 0 aromatic carbocycles. The monoisotopic (exact) mass is 305 g/mol. The second-order valence-electron chi connectivity index (χ2n) is 6.52. The van der Waals surface area contributed by atoms with Crippen molar-refractivity contribution < 1.29 is 5.11 Å². The summed E-state index contributed by atoms with van der Waals surface area (Å²) < 4.78 is 0. The molecule has 21 heavy (non-hydrogen) atoms. The standard InChI is InChI=1S/C16H23N3OS/c1-16(20)6-3-8-19(9-7-16)15-12(14(17)21)10-11-4-2-5-13(11)18-15/h10,20H,2-9H2,1H3,(H2,17,21). The Morgan fingerprint density at radius 3 is 2.90 bits per heavy atom. The van der Waals surface area contributed by atoms with Crippen molar-refractivity contribution in [3.05, 3.63) is 22.9 Å². The first-order valence-corrected chi connectivity index (χ1v) is 8.17. The van der Waals surface area contributed by atoms with Crippen molar-refractivity contribution in [1.82, 2.24) is 4.98 Å². The van der Waals surface area contributed by atoms with Crippen molar-refractivity contribution in [1.29, 1.82) is 0 Å². The molecule has 0 radical (unpaired) electrons. The highest BCUT2D eigenvalue weighted by molar-refractivity contribution is 7.80. The van der Waals surface area contributed by atoms with Crippen LogP contribution in [0.3, 0.4) is 0 Å². The Kier molecular flexibility index (Phi) is 3.88. The number of aliphatic hydroxyl groups is 1. The van der Waals surface area contributed by atoms with Crippen LogP contribution < -0.4 is 10.6 Å². The Hall–Kier alpha value is -1.20. The van der Waals surface area contributed by atoms with E-state index in [1.807, 2.05) is 6.92 Å². The number of hydrogen-bond acceptors (Lipinski definition) is 4. The minimum absolute atomic E-state index is 0.420. The lowest BCUT2D eigenvalue weighted by atomic mass is 9.98. The quantitative estimate of drug-likeness (QED) is 0.818. The summed E-state index contributed by atoms with van der Waals surface area (Å²) in [5.74, 6) is 0.917. The van der Waals surface area contributed by atoms with E-state index in [1.165, 1.54) is 11.3 Å². The Balaban J connectivity index is 1.95. The number of pyridine rings is 1. The van der Waals surface area contributed by atoms with E-state index in [9.17, 15) is 5.11 Å². The van der Waals surface area contributed by atoms with E-state index < -0.39 is 5.60 Å². The smallest absolute Gasteiger partial charge is 0.139 e. The van der Waals surface area contributed by atoms with Gasteiger partial charge >= 0.3 is 0 Å². The Labute approximate surface area is 131 Å². The van der Waals surface area contributed by atoms with Crippen molar-refractivity contribution in [2.45, 2.75) is 51.0 Å². The van der Waals surface area contributed by atoms with E-state index >= 15 is 0 Å². The molecule has 0 saturated carbocycles. The lowest BCUT2D eigenvalue weighted by Crippen LogP contribution is -2.31. The van der Waals surface area contributed by atoms with E-state index in [2.05, 4.69) is 11.0 Å². The summed E-state index contributed by atoms with van der Waals surface area (Å²) in [6.45, 7) is 3.62. The van der Waals surface area contributed by atoms with E-state index in [1.54, 1.807) is 0 Å². The molecule has 0 amide bonds. The summed E-state index contributed by atoms with van der Waals surface area (Å²) in [6, 6.07) is 2.13. The van der Waals surface area contributed by atoms with Gasteiger partial charge < -0.3 is 15.7 Å². The predicted octanol–water partition coefficient (Wildman–Crippen LogP) is 1.95. The average Bonchev–Trinajstić information content (AvgIpc) is 2.80. The van der Waals surface area contributed by atoms with Crippen LogP contribution in [0.1, 0.15) is 49.4 Å². The molecule has 1 atom stereocenters. The fourth-order valence-electron chi connectivity index (χ4n) is 3.36. The topological polar surface area (TPSA) is 62.4 Å². The number of nitrogens with zero attached hydrogens (tertiary/aromatic N) is 2. The van der Waals surface area contributed by atoms with Gasteiger partial charge in [0, 0.05) is 18.8 Å². The third kappa shape index (κ3) is 3.04. The molecule has 1 fully saturated rings. The first kappa shape index (κ1) is 14.7. The van der Waals surface area contributed by atoms with Crippen LogP contribution in [0.4, 0.5) is 5.82 Å². The average molecular weight is 305 g/mol. The fraction of sp³-hybridized carbons (Fsp3) is 0.625. The van der Waals surface area contributed by atoms with Gasteiger partial charge in [-0.3, -0.25) is 0 Å². The molecular weight excluding hydrogens is 282 g/mol. The molecule has 3 rings (SSSR count). The van der Waals surface area contributed by atoms with Crippen molar-refractivity contribution in [3.8, 4) is 0 Å². The van der Waals surface area contributed by atoms with Gasteiger partial charge in [-0.25, -0.2) is 4.98 Å². The van der Waals surface area contributed by atoms with E-state index in [4.69, 9.17) is 22.9 Å². The number of rotatable bonds is 2. The molecule has 0 bridgehead atoms. The molecule has 1 aliphatic heterocycles. The summed E-state index contributed by atoms with van der Waals surface area (Å²) in [4.78, 5) is 7.53. The SMILES string of the molecule is CC1(O)CCCN(c2nc3c(cc2C(N)=S)CCC3)CC1. The maximum atomic E-state index is 10.3. The van der Waals surface area contributed by atoms with Crippen LogP contribution >= 0.6 is 12.2 Å². The Bertz CT molecular complexity index is 571. The van der Waals surface area contributed by atoms with Gasteiger partial charge in [0.2, 0.25) is 0 Å². The van der Waals surface area contributed by atoms with Crippen LogP contribution in [0.5, 0.6) is 0 Å². The molecule has 4 nitrogen and oxygen atoms in total. The largest absolute Gasteiger partial charge is 0.390 e. The summed E-state index contributed by atoms with van der Waals surface area (Å²) in [7, 11) is 0. The number of anilines is 1. The first-order chi connectivity index (χ1) is 9.96. The molecule has 1 aromatic heterocycles. The normalized spacial score (nSPS) is 25.5. The zero-order valence-corrected chi connectivity index (χ0v) is 13.4. The number of thiocarbonyl (C=S) groups is 1. The van der Waals surface area contributed by atoms with Crippen LogP contribution in [0.15, 0.2) is 6.07 Å². The van der Waals surface area contributed by atoms with Crippen LogP contribution in [0, 0.1) is 0 Å². The molecule has 1 unspecified atom stereocenters. The molecule has 5 heteroatoms. The Morgan fingerprint density at radius 2 is 2.14 bits per heavy atom. The van der Waals surface area contributed by atoms with Crippen molar-refractivity contribution >= 4 is 23.0 Å². The molecule has 1 aromatic rings. The highest BCUT2D eigenvalue weighted by atomic mass is 32.1. The van der Waals surface area contributed by atoms with Gasteiger partial charge in [0.05, 0.1) is 11.2 Å². The van der Waals surface area contributed by atoms with Gasteiger partial charge in [-0.05, 0) is 57.1 Å². The predicted molar refractivity (Wildman–Crippen MR) is 88.8 cm³/mol. The minimum Gasteiger partial charge on any atom is -0.390 e. The third-order valence-electron chi connectivity index (χ3n) is 4.66. The second-order valence-corrected chi connectivity index (χ2v) is 6.96.